The van der Waals surface area contributed by atoms with E-state index in [0.29, 0.717) is 12.5 Å². The first-order chi connectivity index (χ1) is 12.1. The molecule has 1 saturated heterocycles. The molecule has 1 fully saturated rings. The molecule has 0 saturated carbocycles. The summed E-state index contributed by atoms with van der Waals surface area (Å²) >= 11 is 0. The molecule has 1 atom stereocenters. The van der Waals surface area contributed by atoms with Crippen molar-refractivity contribution in [2.75, 3.05) is 39.3 Å². The smallest absolute Gasteiger partial charge is 0.191 e. The summed E-state index contributed by atoms with van der Waals surface area (Å²) in [7, 11) is 0. The van der Waals surface area contributed by atoms with Crippen molar-refractivity contribution in [2.45, 2.75) is 40.3 Å². The molecule has 7 heteroatoms. The van der Waals surface area contributed by atoms with Crippen molar-refractivity contribution in [3.63, 3.8) is 0 Å². The number of aromatic nitrogens is 1. The van der Waals surface area contributed by atoms with Crippen LogP contribution < -0.4 is 10.6 Å². The number of rotatable bonds is 7. The number of morpholine rings is 1. The average Bonchev–Trinajstić information content (AvgIpc) is 2.57. The van der Waals surface area contributed by atoms with Gasteiger partial charge in [-0.15, -0.1) is 24.0 Å². The van der Waals surface area contributed by atoms with Crippen molar-refractivity contribution < 1.29 is 4.74 Å². The van der Waals surface area contributed by atoms with E-state index in [0.717, 1.165) is 56.7 Å². The predicted octanol–water partition coefficient (Wildman–Crippen LogP) is 2.42. The van der Waals surface area contributed by atoms with Gasteiger partial charge in [-0.1, -0.05) is 19.9 Å². The van der Waals surface area contributed by atoms with Crippen molar-refractivity contribution in [3.8, 4) is 0 Å². The second-order valence-corrected chi connectivity index (χ2v) is 6.99. The minimum Gasteiger partial charge on any atom is -0.374 e. The molecule has 0 radical (unpaired) electrons. The molecule has 0 spiro atoms. The van der Waals surface area contributed by atoms with Gasteiger partial charge in [0.25, 0.3) is 0 Å². The minimum atomic E-state index is 0. The first-order valence-electron chi connectivity index (χ1n) is 9.35. The lowest BCUT2D eigenvalue weighted by atomic mass is 10.2. The molecule has 0 aromatic carbocycles. The van der Waals surface area contributed by atoms with Crippen LogP contribution in [0.25, 0.3) is 0 Å². The van der Waals surface area contributed by atoms with Gasteiger partial charge in [-0.2, -0.15) is 0 Å². The zero-order chi connectivity index (χ0) is 18.1. The lowest BCUT2D eigenvalue weighted by molar-refractivity contribution is -0.0284. The number of guanidine groups is 1. The number of nitrogens with zero attached hydrogens (tertiary/aromatic N) is 3. The van der Waals surface area contributed by atoms with E-state index in [1.165, 1.54) is 0 Å². The Kier molecular flexibility index (Phi) is 11.1. The number of aryl methyl sites for hydroxylation is 1. The highest BCUT2D eigenvalue weighted by Gasteiger charge is 2.21. The summed E-state index contributed by atoms with van der Waals surface area (Å²) in [5.74, 6) is 1.50. The van der Waals surface area contributed by atoms with E-state index in [-0.39, 0.29) is 30.1 Å². The maximum atomic E-state index is 5.90. The fourth-order valence-electron chi connectivity index (χ4n) is 2.99. The molecule has 1 aromatic heterocycles. The predicted molar refractivity (Wildman–Crippen MR) is 118 cm³/mol. The van der Waals surface area contributed by atoms with Gasteiger partial charge in [0.15, 0.2) is 5.96 Å². The van der Waals surface area contributed by atoms with Crippen LogP contribution in [0.4, 0.5) is 0 Å². The van der Waals surface area contributed by atoms with Crippen molar-refractivity contribution in [1.29, 1.82) is 0 Å². The molecule has 1 aliphatic heterocycles. The second-order valence-electron chi connectivity index (χ2n) is 6.99. The van der Waals surface area contributed by atoms with E-state index in [9.17, 15) is 0 Å². The minimum absolute atomic E-state index is 0. The Morgan fingerprint density at radius 2 is 2.19 bits per heavy atom. The van der Waals surface area contributed by atoms with Crippen molar-refractivity contribution in [3.05, 3.63) is 29.6 Å². The standard InChI is InChI=1S/C19H33N5O.HI/c1-5-20-19(21-11-17-8-6-7-16(4)23-17)22-12-18-14-24(9-10-25-18)13-15(2)3;/h6-8,15,18H,5,9-14H2,1-4H3,(H2,20,21,22);1H. The number of hydrogen-bond donors (Lipinski definition) is 2. The van der Waals surface area contributed by atoms with Crippen LogP contribution in [0, 0.1) is 12.8 Å². The Balaban J connectivity index is 0.00000338. The summed E-state index contributed by atoms with van der Waals surface area (Å²) < 4.78 is 5.90. The summed E-state index contributed by atoms with van der Waals surface area (Å²) in [5, 5.41) is 6.70. The van der Waals surface area contributed by atoms with Gasteiger partial charge in [0.05, 0.1) is 24.9 Å². The van der Waals surface area contributed by atoms with Crippen molar-refractivity contribution in [2.24, 2.45) is 10.9 Å². The maximum Gasteiger partial charge on any atom is 0.191 e. The second kappa shape index (κ2) is 12.5. The summed E-state index contributed by atoms with van der Waals surface area (Å²) in [6.07, 6.45) is 0.202. The highest BCUT2D eigenvalue weighted by molar-refractivity contribution is 14.0. The van der Waals surface area contributed by atoms with Crippen LogP contribution in [-0.2, 0) is 11.3 Å². The summed E-state index contributed by atoms with van der Waals surface area (Å²) in [6.45, 7) is 14.7. The number of ether oxygens (including phenoxy) is 1. The molecule has 1 aliphatic rings. The Bertz CT molecular complexity index is 552. The van der Waals surface area contributed by atoms with Crippen LogP contribution in [0.3, 0.4) is 0 Å². The van der Waals surface area contributed by atoms with Crippen LogP contribution in [-0.4, -0.2) is 61.3 Å². The van der Waals surface area contributed by atoms with E-state index < -0.39 is 0 Å². The number of nitrogens with one attached hydrogen (secondary N) is 2. The van der Waals surface area contributed by atoms with Crippen LogP contribution >= 0.6 is 24.0 Å². The summed E-state index contributed by atoms with van der Waals surface area (Å²) in [6, 6.07) is 6.03. The van der Waals surface area contributed by atoms with Gasteiger partial charge in [0, 0.05) is 38.4 Å². The molecule has 6 nitrogen and oxygen atoms in total. The van der Waals surface area contributed by atoms with Crippen LogP contribution in [0.5, 0.6) is 0 Å². The molecular weight excluding hydrogens is 441 g/mol. The Morgan fingerprint density at radius 1 is 1.38 bits per heavy atom. The normalized spacial score (nSPS) is 18.5. The zero-order valence-corrected chi connectivity index (χ0v) is 18.8. The molecule has 2 N–H and O–H groups in total. The van der Waals surface area contributed by atoms with Gasteiger partial charge >= 0.3 is 0 Å². The monoisotopic (exact) mass is 475 g/mol. The third kappa shape index (κ3) is 8.64. The summed E-state index contributed by atoms with van der Waals surface area (Å²) in [5.41, 5.74) is 2.00. The summed E-state index contributed by atoms with van der Waals surface area (Å²) in [4.78, 5) is 11.6. The fourth-order valence-corrected chi connectivity index (χ4v) is 2.99. The molecule has 0 bridgehead atoms. The van der Waals surface area contributed by atoms with Crippen molar-refractivity contribution in [1.82, 2.24) is 20.5 Å². The third-order valence-corrected chi connectivity index (χ3v) is 4.03. The third-order valence-electron chi connectivity index (χ3n) is 4.03. The lowest BCUT2D eigenvalue weighted by Crippen LogP contribution is -2.50. The number of pyridine rings is 1. The first kappa shape index (κ1) is 23.1. The van der Waals surface area contributed by atoms with Gasteiger partial charge in [-0.05, 0) is 31.9 Å². The van der Waals surface area contributed by atoms with Crippen LogP contribution in [0.15, 0.2) is 23.2 Å². The van der Waals surface area contributed by atoms with E-state index >= 15 is 0 Å². The number of hydrogen-bond acceptors (Lipinski definition) is 4. The fraction of sp³-hybridized carbons (Fsp3) is 0.684. The van der Waals surface area contributed by atoms with Gasteiger partial charge < -0.3 is 15.4 Å². The highest BCUT2D eigenvalue weighted by atomic mass is 127. The molecular formula is C19H34IN5O. The molecule has 26 heavy (non-hydrogen) atoms. The quantitative estimate of drug-likeness (QED) is 0.361. The van der Waals surface area contributed by atoms with Gasteiger partial charge in [0.1, 0.15) is 0 Å². The van der Waals surface area contributed by atoms with Gasteiger partial charge in [0.2, 0.25) is 0 Å². The molecule has 0 amide bonds. The average molecular weight is 475 g/mol. The zero-order valence-electron chi connectivity index (χ0n) is 16.5. The topological polar surface area (TPSA) is 61.8 Å². The maximum absolute atomic E-state index is 5.90. The number of aliphatic imine (C=N–C) groups is 1. The molecule has 0 aliphatic carbocycles. The lowest BCUT2D eigenvalue weighted by Gasteiger charge is -2.34. The van der Waals surface area contributed by atoms with E-state index in [1.807, 2.05) is 25.1 Å². The first-order valence-corrected chi connectivity index (χ1v) is 9.35. The molecule has 2 rings (SSSR count). The van der Waals surface area contributed by atoms with Crippen LogP contribution in [0.1, 0.15) is 32.2 Å². The van der Waals surface area contributed by atoms with Gasteiger partial charge in [-0.3, -0.25) is 9.88 Å². The molecule has 1 aromatic rings. The SMILES string of the molecule is CCNC(=NCc1cccc(C)n1)NCC1CN(CC(C)C)CCO1.I. The molecule has 2 heterocycles. The molecule has 148 valence electrons. The van der Waals surface area contributed by atoms with E-state index in [1.54, 1.807) is 0 Å². The Labute approximate surface area is 175 Å². The highest BCUT2D eigenvalue weighted by Crippen LogP contribution is 2.07. The molecule has 1 unspecified atom stereocenters. The van der Waals surface area contributed by atoms with Crippen molar-refractivity contribution >= 4 is 29.9 Å². The van der Waals surface area contributed by atoms with Gasteiger partial charge in [-0.25, -0.2) is 4.99 Å². The number of halogens is 1. The Hall–Kier alpha value is -0.930. The van der Waals surface area contributed by atoms with Crippen LogP contribution in [0.2, 0.25) is 0 Å². The van der Waals surface area contributed by atoms with E-state index in [4.69, 9.17) is 4.74 Å². The Morgan fingerprint density at radius 3 is 2.88 bits per heavy atom. The largest absolute Gasteiger partial charge is 0.374 e. The van der Waals surface area contributed by atoms with E-state index in [2.05, 4.69) is 46.3 Å².